The molecule has 1 atom stereocenters. The van der Waals surface area contributed by atoms with Gasteiger partial charge in [-0.1, -0.05) is 36.8 Å². The molecule has 7 nitrogen and oxygen atoms in total. The van der Waals surface area contributed by atoms with Gasteiger partial charge in [0.25, 0.3) is 5.91 Å². The average Bonchev–Trinajstić information content (AvgIpc) is 2.64. The van der Waals surface area contributed by atoms with Crippen molar-refractivity contribution in [3.63, 3.8) is 0 Å². The lowest BCUT2D eigenvalue weighted by atomic mass is 10.0. The summed E-state index contributed by atoms with van der Waals surface area (Å²) in [5.41, 5.74) is 2.03. The molecule has 0 radical (unpaired) electrons. The van der Waals surface area contributed by atoms with Crippen molar-refractivity contribution in [3.05, 3.63) is 63.7 Å². The number of nitro groups is 1. The fourth-order valence-corrected chi connectivity index (χ4v) is 2.50. The first-order valence-electron chi connectivity index (χ1n) is 8.25. The molecular weight excluding hydrogens is 336 g/mol. The maximum absolute atomic E-state index is 12.2. The number of hydrogen-bond donors (Lipinski definition) is 1. The minimum absolute atomic E-state index is 0.0824. The number of carbonyl (C=O) groups is 1. The van der Waals surface area contributed by atoms with Crippen molar-refractivity contribution in [3.8, 4) is 11.5 Å². The van der Waals surface area contributed by atoms with Crippen LogP contribution in [0.2, 0.25) is 0 Å². The van der Waals surface area contributed by atoms with E-state index in [1.54, 1.807) is 0 Å². The lowest BCUT2D eigenvalue weighted by Gasteiger charge is -2.18. The van der Waals surface area contributed by atoms with Crippen LogP contribution in [0.5, 0.6) is 11.5 Å². The molecule has 0 spiro atoms. The molecule has 0 aromatic heterocycles. The number of nitrogens with one attached hydrogen (secondary N) is 1. The van der Waals surface area contributed by atoms with Crippen LogP contribution in [0.4, 0.5) is 5.69 Å². The first-order valence-corrected chi connectivity index (χ1v) is 8.25. The molecule has 1 unspecified atom stereocenters. The molecule has 0 fully saturated rings. The van der Waals surface area contributed by atoms with Crippen LogP contribution in [-0.4, -0.2) is 24.5 Å². The zero-order chi connectivity index (χ0) is 19.1. The molecule has 138 valence electrons. The Bertz CT molecular complexity index is 774. The molecule has 2 rings (SSSR count). The number of carbonyl (C=O) groups excluding carboxylic acids is 1. The highest BCUT2D eigenvalue weighted by Gasteiger charge is 2.17. The van der Waals surface area contributed by atoms with Gasteiger partial charge in [-0.3, -0.25) is 14.9 Å². The van der Waals surface area contributed by atoms with Crippen LogP contribution in [0.3, 0.4) is 0 Å². The number of ether oxygens (including phenoxy) is 2. The van der Waals surface area contributed by atoms with E-state index in [1.165, 1.54) is 25.3 Å². The summed E-state index contributed by atoms with van der Waals surface area (Å²) in [6.07, 6.45) is 0.750. The summed E-state index contributed by atoms with van der Waals surface area (Å²) in [5, 5.41) is 13.8. The van der Waals surface area contributed by atoms with Gasteiger partial charge in [0.1, 0.15) is 5.75 Å². The molecule has 1 amide bonds. The van der Waals surface area contributed by atoms with Crippen LogP contribution in [0, 0.1) is 17.0 Å². The molecule has 1 N–H and O–H groups in total. The molecule has 0 saturated heterocycles. The summed E-state index contributed by atoms with van der Waals surface area (Å²) >= 11 is 0. The van der Waals surface area contributed by atoms with Crippen LogP contribution in [0.1, 0.15) is 30.5 Å². The highest BCUT2D eigenvalue weighted by molar-refractivity contribution is 5.78. The number of nitro benzene ring substituents is 1. The smallest absolute Gasteiger partial charge is 0.311 e. The number of benzene rings is 2. The van der Waals surface area contributed by atoms with Gasteiger partial charge in [-0.25, -0.2) is 0 Å². The van der Waals surface area contributed by atoms with Crippen molar-refractivity contribution in [2.24, 2.45) is 0 Å². The third-order valence-corrected chi connectivity index (χ3v) is 3.94. The zero-order valence-corrected chi connectivity index (χ0v) is 15.0. The highest BCUT2D eigenvalue weighted by Crippen LogP contribution is 2.30. The first kappa shape index (κ1) is 19.2. The second kappa shape index (κ2) is 8.84. The second-order valence-electron chi connectivity index (χ2n) is 5.82. The Hall–Kier alpha value is -3.09. The number of aryl methyl sites for hydroxylation is 1. The number of nitrogens with zero attached hydrogens (tertiary/aromatic N) is 1. The van der Waals surface area contributed by atoms with Crippen molar-refractivity contribution in [2.75, 3.05) is 13.7 Å². The highest BCUT2D eigenvalue weighted by atomic mass is 16.6. The third-order valence-electron chi connectivity index (χ3n) is 3.94. The average molecular weight is 358 g/mol. The van der Waals surface area contributed by atoms with Crippen LogP contribution < -0.4 is 14.8 Å². The van der Waals surface area contributed by atoms with E-state index >= 15 is 0 Å². The van der Waals surface area contributed by atoms with Crippen molar-refractivity contribution >= 4 is 11.6 Å². The number of methoxy groups -OCH3 is 1. The number of rotatable bonds is 8. The van der Waals surface area contributed by atoms with Gasteiger partial charge in [-0.05, 0) is 25.0 Å². The molecule has 0 aliphatic carbocycles. The predicted molar refractivity (Wildman–Crippen MR) is 97.5 cm³/mol. The molecule has 0 heterocycles. The van der Waals surface area contributed by atoms with Crippen LogP contribution in [0.15, 0.2) is 42.5 Å². The fraction of sp³-hybridized carbons (Fsp3) is 0.316. The predicted octanol–water partition coefficient (Wildman–Crippen LogP) is 3.56. The summed E-state index contributed by atoms with van der Waals surface area (Å²) in [6.45, 7) is 3.81. The summed E-state index contributed by atoms with van der Waals surface area (Å²) in [7, 11) is 1.34. The van der Waals surface area contributed by atoms with Gasteiger partial charge in [-0.2, -0.15) is 0 Å². The quantitative estimate of drug-likeness (QED) is 0.575. The Balaban J connectivity index is 1.97. The van der Waals surface area contributed by atoms with Gasteiger partial charge in [0, 0.05) is 12.1 Å². The van der Waals surface area contributed by atoms with E-state index in [0.717, 1.165) is 17.5 Å². The van der Waals surface area contributed by atoms with E-state index in [9.17, 15) is 14.9 Å². The van der Waals surface area contributed by atoms with Gasteiger partial charge < -0.3 is 14.8 Å². The van der Waals surface area contributed by atoms with E-state index in [1.807, 2.05) is 38.1 Å². The van der Waals surface area contributed by atoms with Crippen molar-refractivity contribution in [2.45, 2.75) is 26.3 Å². The molecular formula is C19H22N2O5. The Morgan fingerprint density at radius 3 is 2.50 bits per heavy atom. The Morgan fingerprint density at radius 1 is 1.23 bits per heavy atom. The van der Waals surface area contributed by atoms with Gasteiger partial charge in [0.15, 0.2) is 6.61 Å². The summed E-state index contributed by atoms with van der Waals surface area (Å²) in [4.78, 5) is 22.5. The van der Waals surface area contributed by atoms with Crippen molar-refractivity contribution in [1.29, 1.82) is 0 Å². The zero-order valence-electron chi connectivity index (χ0n) is 15.0. The van der Waals surface area contributed by atoms with E-state index in [4.69, 9.17) is 9.47 Å². The summed E-state index contributed by atoms with van der Waals surface area (Å²) in [6, 6.07) is 12.0. The van der Waals surface area contributed by atoms with Gasteiger partial charge in [-0.15, -0.1) is 0 Å². The Labute approximate surface area is 152 Å². The Kier molecular flexibility index (Phi) is 6.54. The van der Waals surface area contributed by atoms with Crippen molar-refractivity contribution < 1.29 is 19.2 Å². The first-order chi connectivity index (χ1) is 12.4. The topological polar surface area (TPSA) is 90.7 Å². The van der Waals surface area contributed by atoms with E-state index in [2.05, 4.69) is 5.32 Å². The molecule has 0 aliphatic heterocycles. The molecule has 2 aromatic carbocycles. The van der Waals surface area contributed by atoms with Crippen LogP contribution in [-0.2, 0) is 4.79 Å². The van der Waals surface area contributed by atoms with Gasteiger partial charge >= 0.3 is 5.69 Å². The summed E-state index contributed by atoms with van der Waals surface area (Å²) in [5.74, 6) is 0.139. The summed E-state index contributed by atoms with van der Waals surface area (Å²) < 4.78 is 10.4. The molecule has 0 aliphatic rings. The maximum Gasteiger partial charge on any atom is 0.311 e. The fourth-order valence-electron chi connectivity index (χ4n) is 2.50. The van der Waals surface area contributed by atoms with Gasteiger partial charge in [0.2, 0.25) is 5.75 Å². The number of amides is 1. The van der Waals surface area contributed by atoms with E-state index in [0.29, 0.717) is 5.75 Å². The van der Waals surface area contributed by atoms with Crippen LogP contribution in [0.25, 0.3) is 0 Å². The Morgan fingerprint density at radius 2 is 1.92 bits per heavy atom. The largest absolute Gasteiger partial charge is 0.490 e. The molecule has 26 heavy (non-hydrogen) atoms. The molecule has 0 bridgehead atoms. The minimum Gasteiger partial charge on any atom is -0.490 e. The molecule has 7 heteroatoms. The van der Waals surface area contributed by atoms with Gasteiger partial charge in [0.05, 0.1) is 18.1 Å². The molecule has 0 saturated carbocycles. The van der Waals surface area contributed by atoms with Crippen molar-refractivity contribution in [1.82, 2.24) is 5.32 Å². The molecule has 2 aromatic rings. The maximum atomic E-state index is 12.2. The second-order valence-corrected chi connectivity index (χ2v) is 5.82. The minimum atomic E-state index is -0.539. The number of hydrogen-bond acceptors (Lipinski definition) is 5. The third kappa shape index (κ3) is 4.95. The standard InChI is InChI=1S/C19H22N2O5/c1-4-16(14-7-5-13(2)6-8-14)20-19(22)12-26-15-9-10-17(21(23)24)18(11-15)25-3/h5-11,16H,4,12H2,1-3H3,(H,20,22). The van der Waals surface area contributed by atoms with E-state index < -0.39 is 4.92 Å². The normalized spacial score (nSPS) is 11.5. The monoisotopic (exact) mass is 358 g/mol. The van der Waals surface area contributed by atoms with E-state index in [-0.39, 0.29) is 30.0 Å². The SMILES string of the molecule is CCC(NC(=O)COc1ccc([N+](=O)[O-])c(OC)c1)c1ccc(C)cc1. The lowest BCUT2D eigenvalue weighted by molar-refractivity contribution is -0.385. The lowest BCUT2D eigenvalue weighted by Crippen LogP contribution is -2.32. The van der Waals surface area contributed by atoms with Crippen LogP contribution >= 0.6 is 0 Å².